The van der Waals surface area contributed by atoms with Crippen LogP contribution in [0.1, 0.15) is 34.0 Å². The molecule has 3 aromatic rings. The fraction of sp³-hybridized carbons (Fsp3) is 0.115. The second-order valence-corrected chi connectivity index (χ2v) is 8.99. The van der Waals surface area contributed by atoms with Crippen LogP contribution in [0.25, 0.3) is 6.08 Å². The number of ether oxygens (including phenoxy) is 3. The number of aryl methyl sites for hydroxylation is 1. The van der Waals surface area contributed by atoms with Gasteiger partial charge in [-0.25, -0.2) is 14.6 Å². The molecule has 0 aliphatic carbocycles. The van der Waals surface area contributed by atoms with Crippen LogP contribution in [0.15, 0.2) is 69.8 Å². The van der Waals surface area contributed by atoms with E-state index in [1.807, 2.05) is 0 Å². The molecule has 9 nitrogen and oxygen atoms in total. The summed E-state index contributed by atoms with van der Waals surface area (Å²) < 4.78 is 16.9. The Hall–Kier alpha value is -4.02. The Morgan fingerprint density at radius 3 is 2.65 bits per heavy atom. The first-order valence-corrected chi connectivity index (χ1v) is 12.1. The minimum atomic E-state index is -0.686. The van der Waals surface area contributed by atoms with Crippen LogP contribution in [0, 0.1) is 17.0 Å². The molecule has 188 valence electrons. The van der Waals surface area contributed by atoms with Gasteiger partial charge >= 0.3 is 11.9 Å². The lowest BCUT2D eigenvalue weighted by Crippen LogP contribution is -2.11. The number of hydrogen-bond acceptors (Lipinski definition) is 8. The number of nitrogens with zero attached hydrogens (tertiary/aromatic N) is 2. The zero-order chi connectivity index (χ0) is 26.7. The average molecular weight is 586 g/mol. The van der Waals surface area contributed by atoms with E-state index < -0.39 is 16.9 Å². The number of rotatable bonds is 7. The van der Waals surface area contributed by atoms with E-state index in [1.54, 1.807) is 50.2 Å². The Kier molecular flexibility index (Phi) is 7.70. The molecule has 0 saturated carbocycles. The highest BCUT2D eigenvalue weighted by Crippen LogP contribution is 2.38. The lowest BCUT2D eigenvalue weighted by Gasteiger charge is -2.14. The summed E-state index contributed by atoms with van der Waals surface area (Å²) in [5.74, 6) is -0.914. The standard InChI is InChI=1S/C26H18BrClN2O7/c1-3-35-22-13-15(11-18(27)23(22)36-25(31)17-6-4-5-7-19(17)28)12-20-26(32)37-24(29-20)16-8-9-21(30(33)34)14(2)10-16/h4-13H,3H2,1-2H3/b20-12-. The molecule has 0 spiro atoms. The normalized spacial score (nSPS) is 13.8. The van der Waals surface area contributed by atoms with E-state index >= 15 is 0 Å². The third-order valence-electron chi connectivity index (χ3n) is 5.18. The Balaban J connectivity index is 1.65. The Bertz CT molecular complexity index is 1500. The summed E-state index contributed by atoms with van der Waals surface area (Å²) in [6, 6.07) is 14.0. The number of esters is 2. The summed E-state index contributed by atoms with van der Waals surface area (Å²) in [7, 11) is 0. The molecule has 1 heterocycles. The van der Waals surface area contributed by atoms with E-state index in [-0.39, 0.29) is 46.0 Å². The van der Waals surface area contributed by atoms with Gasteiger partial charge in [0.25, 0.3) is 5.69 Å². The molecule has 4 rings (SSSR count). The third kappa shape index (κ3) is 5.71. The highest BCUT2D eigenvalue weighted by Gasteiger charge is 2.26. The fourth-order valence-corrected chi connectivity index (χ4v) is 4.25. The van der Waals surface area contributed by atoms with E-state index in [4.69, 9.17) is 25.8 Å². The molecule has 0 atom stereocenters. The second-order valence-electron chi connectivity index (χ2n) is 7.73. The van der Waals surface area contributed by atoms with E-state index in [0.29, 0.717) is 21.2 Å². The van der Waals surface area contributed by atoms with Crippen molar-refractivity contribution < 1.29 is 28.7 Å². The van der Waals surface area contributed by atoms with Crippen molar-refractivity contribution in [2.45, 2.75) is 13.8 Å². The van der Waals surface area contributed by atoms with E-state index in [0.717, 1.165) is 0 Å². The maximum absolute atomic E-state index is 12.7. The predicted octanol–water partition coefficient (Wildman–Crippen LogP) is 6.28. The molecule has 0 radical (unpaired) electrons. The summed E-state index contributed by atoms with van der Waals surface area (Å²) in [4.78, 5) is 40.0. The van der Waals surface area contributed by atoms with Crippen molar-refractivity contribution in [3.05, 3.63) is 102 Å². The molecule has 3 aromatic carbocycles. The van der Waals surface area contributed by atoms with E-state index in [1.165, 1.54) is 24.3 Å². The molecule has 0 saturated heterocycles. The number of nitro benzene ring substituents is 1. The van der Waals surface area contributed by atoms with Crippen LogP contribution < -0.4 is 9.47 Å². The first-order chi connectivity index (χ1) is 17.7. The third-order valence-corrected chi connectivity index (χ3v) is 6.10. The van der Waals surface area contributed by atoms with Crippen LogP contribution in [0.4, 0.5) is 5.69 Å². The van der Waals surface area contributed by atoms with Crippen LogP contribution in [0.2, 0.25) is 5.02 Å². The van der Waals surface area contributed by atoms with Gasteiger partial charge in [-0.2, -0.15) is 0 Å². The van der Waals surface area contributed by atoms with Gasteiger partial charge in [0.05, 0.1) is 26.6 Å². The number of carbonyl (C=O) groups is 2. The number of carbonyl (C=O) groups excluding carboxylic acids is 2. The predicted molar refractivity (Wildman–Crippen MR) is 140 cm³/mol. The van der Waals surface area contributed by atoms with Crippen LogP contribution >= 0.6 is 27.5 Å². The monoisotopic (exact) mass is 584 g/mol. The van der Waals surface area contributed by atoms with Crippen molar-refractivity contribution >= 4 is 57.1 Å². The molecule has 1 aliphatic heterocycles. The maximum atomic E-state index is 12.7. The van der Waals surface area contributed by atoms with E-state index in [2.05, 4.69) is 20.9 Å². The van der Waals surface area contributed by atoms with Gasteiger partial charge in [0, 0.05) is 17.2 Å². The van der Waals surface area contributed by atoms with E-state index in [9.17, 15) is 19.7 Å². The number of cyclic esters (lactones) is 1. The van der Waals surface area contributed by atoms with Crippen molar-refractivity contribution in [2.24, 2.45) is 4.99 Å². The smallest absolute Gasteiger partial charge is 0.363 e. The minimum Gasteiger partial charge on any atom is -0.490 e. The Morgan fingerprint density at radius 2 is 1.97 bits per heavy atom. The quantitative estimate of drug-likeness (QED) is 0.105. The highest BCUT2D eigenvalue weighted by atomic mass is 79.9. The van der Waals surface area contributed by atoms with Crippen LogP contribution in [0.3, 0.4) is 0 Å². The van der Waals surface area contributed by atoms with Crippen molar-refractivity contribution in [1.29, 1.82) is 0 Å². The number of benzene rings is 3. The van der Waals surface area contributed by atoms with Crippen LogP contribution in [-0.2, 0) is 9.53 Å². The van der Waals surface area contributed by atoms with Gasteiger partial charge in [-0.15, -0.1) is 0 Å². The number of aliphatic imine (C=N–C) groups is 1. The van der Waals surface area contributed by atoms with Gasteiger partial charge in [-0.3, -0.25) is 10.1 Å². The molecule has 0 N–H and O–H groups in total. The molecule has 1 aliphatic rings. The summed E-state index contributed by atoms with van der Waals surface area (Å²) >= 11 is 9.51. The Labute approximate surface area is 224 Å². The van der Waals surface area contributed by atoms with Gasteiger partial charge in [0.2, 0.25) is 5.90 Å². The first-order valence-electron chi connectivity index (χ1n) is 10.9. The molecule has 37 heavy (non-hydrogen) atoms. The first kappa shape index (κ1) is 26.1. The lowest BCUT2D eigenvalue weighted by molar-refractivity contribution is -0.385. The molecule has 0 bridgehead atoms. The van der Waals surface area contributed by atoms with Crippen molar-refractivity contribution in [3.8, 4) is 11.5 Å². The molecular weight excluding hydrogens is 568 g/mol. The van der Waals surface area contributed by atoms with Gasteiger partial charge < -0.3 is 14.2 Å². The molecule has 0 aromatic heterocycles. The second kappa shape index (κ2) is 10.9. The maximum Gasteiger partial charge on any atom is 0.363 e. The summed E-state index contributed by atoms with van der Waals surface area (Å²) in [6.07, 6.45) is 1.49. The molecule has 0 unspecified atom stereocenters. The average Bonchev–Trinajstić information content (AvgIpc) is 3.21. The van der Waals surface area contributed by atoms with Gasteiger partial charge in [0.15, 0.2) is 17.2 Å². The van der Waals surface area contributed by atoms with Crippen LogP contribution in [0.5, 0.6) is 11.5 Å². The SMILES string of the molecule is CCOc1cc(/C=C2\N=C(c3ccc([N+](=O)[O-])c(C)c3)OC2=O)cc(Br)c1OC(=O)c1ccccc1Cl. The zero-order valence-electron chi connectivity index (χ0n) is 19.5. The Morgan fingerprint density at radius 1 is 1.22 bits per heavy atom. The molecule has 0 amide bonds. The zero-order valence-corrected chi connectivity index (χ0v) is 21.8. The highest BCUT2D eigenvalue weighted by molar-refractivity contribution is 9.10. The molecular formula is C26H18BrClN2O7. The minimum absolute atomic E-state index is 0.0150. The number of nitro groups is 1. The largest absolute Gasteiger partial charge is 0.490 e. The lowest BCUT2D eigenvalue weighted by atomic mass is 10.1. The van der Waals surface area contributed by atoms with Crippen molar-refractivity contribution in [1.82, 2.24) is 0 Å². The topological polar surface area (TPSA) is 117 Å². The van der Waals surface area contributed by atoms with Gasteiger partial charge in [-0.1, -0.05) is 23.7 Å². The fourth-order valence-electron chi connectivity index (χ4n) is 3.49. The summed E-state index contributed by atoms with van der Waals surface area (Å²) in [6.45, 7) is 3.64. The van der Waals surface area contributed by atoms with Crippen molar-refractivity contribution in [3.63, 3.8) is 0 Å². The number of hydrogen-bond donors (Lipinski definition) is 0. The molecule has 11 heteroatoms. The van der Waals surface area contributed by atoms with Crippen molar-refractivity contribution in [2.75, 3.05) is 6.61 Å². The summed E-state index contributed by atoms with van der Waals surface area (Å²) in [5, 5.41) is 11.3. The molecule has 0 fully saturated rings. The number of halogens is 2. The summed E-state index contributed by atoms with van der Waals surface area (Å²) in [5.41, 5.74) is 1.52. The van der Waals surface area contributed by atoms with Gasteiger partial charge in [0.1, 0.15) is 0 Å². The van der Waals surface area contributed by atoms with Crippen LogP contribution in [-0.4, -0.2) is 29.4 Å². The van der Waals surface area contributed by atoms with Gasteiger partial charge in [-0.05, 0) is 77.8 Å².